The molecule has 0 saturated carbocycles. The molecule has 0 amide bonds. The lowest BCUT2D eigenvalue weighted by atomic mass is 9.89. The van der Waals surface area contributed by atoms with Gasteiger partial charge in [-0.2, -0.15) is 5.10 Å². The summed E-state index contributed by atoms with van der Waals surface area (Å²) in [7, 11) is 1.99. The molecule has 16 heavy (non-hydrogen) atoms. The minimum atomic E-state index is 0.133. The maximum absolute atomic E-state index is 4.57. The van der Waals surface area contributed by atoms with Crippen molar-refractivity contribution >= 4 is 0 Å². The van der Waals surface area contributed by atoms with Gasteiger partial charge in [-0.1, -0.05) is 34.6 Å². The molecular formula is C13H25N3. The standard InChI is InChI=1S/C13H25N3/c1-10(2)14-8-7-11-9-16(6)15-12(11)13(3,4)5/h9-10,14H,7-8H2,1-6H3. The Labute approximate surface area is 99.2 Å². The van der Waals surface area contributed by atoms with Crippen molar-refractivity contribution in [2.24, 2.45) is 7.05 Å². The van der Waals surface area contributed by atoms with Crippen LogP contribution in [-0.4, -0.2) is 22.4 Å². The van der Waals surface area contributed by atoms with Crippen LogP contribution in [-0.2, 0) is 18.9 Å². The van der Waals surface area contributed by atoms with Crippen LogP contribution in [0.3, 0.4) is 0 Å². The average Bonchev–Trinajstić information content (AvgIpc) is 2.45. The van der Waals surface area contributed by atoms with Crippen LogP contribution in [0.5, 0.6) is 0 Å². The maximum Gasteiger partial charge on any atom is 0.0710 e. The first-order valence-electron chi connectivity index (χ1n) is 6.07. The van der Waals surface area contributed by atoms with Crippen molar-refractivity contribution in [1.82, 2.24) is 15.1 Å². The number of hydrogen-bond donors (Lipinski definition) is 1. The Bertz CT molecular complexity index is 331. The third-order valence-corrected chi connectivity index (χ3v) is 2.56. The van der Waals surface area contributed by atoms with Crippen molar-refractivity contribution in [2.45, 2.75) is 52.5 Å². The second-order valence-corrected chi connectivity index (χ2v) is 5.79. The summed E-state index contributed by atoms with van der Waals surface area (Å²) in [6.07, 6.45) is 3.20. The topological polar surface area (TPSA) is 29.9 Å². The Balaban J connectivity index is 2.72. The number of hydrogen-bond acceptors (Lipinski definition) is 2. The molecule has 1 N–H and O–H groups in total. The van der Waals surface area contributed by atoms with Gasteiger partial charge in [-0.3, -0.25) is 4.68 Å². The van der Waals surface area contributed by atoms with Gasteiger partial charge in [0.1, 0.15) is 0 Å². The molecule has 0 radical (unpaired) electrons. The summed E-state index contributed by atoms with van der Waals surface area (Å²) in [6, 6.07) is 0.551. The molecule has 0 atom stereocenters. The lowest BCUT2D eigenvalue weighted by molar-refractivity contribution is 0.542. The monoisotopic (exact) mass is 223 g/mol. The van der Waals surface area contributed by atoms with E-state index in [1.807, 2.05) is 11.7 Å². The van der Waals surface area contributed by atoms with Gasteiger partial charge in [-0.25, -0.2) is 0 Å². The van der Waals surface area contributed by atoms with Crippen molar-refractivity contribution in [1.29, 1.82) is 0 Å². The van der Waals surface area contributed by atoms with E-state index in [9.17, 15) is 0 Å². The highest BCUT2D eigenvalue weighted by atomic mass is 15.3. The average molecular weight is 223 g/mol. The molecule has 1 aromatic heterocycles. The van der Waals surface area contributed by atoms with E-state index in [1.165, 1.54) is 11.3 Å². The molecule has 0 aliphatic carbocycles. The van der Waals surface area contributed by atoms with Crippen molar-refractivity contribution in [3.8, 4) is 0 Å². The predicted octanol–water partition coefficient (Wildman–Crippen LogP) is 2.26. The van der Waals surface area contributed by atoms with Crippen LogP contribution >= 0.6 is 0 Å². The molecule has 0 spiro atoms. The number of aryl methyl sites for hydroxylation is 1. The van der Waals surface area contributed by atoms with Gasteiger partial charge in [0, 0.05) is 24.7 Å². The molecule has 0 aliphatic heterocycles. The number of nitrogens with zero attached hydrogens (tertiary/aromatic N) is 2. The molecule has 0 aromatic carbocycles. The van der Waals surface area contributed by atoms with E-state index in [0.29, 0.717) is 6.04 Å². The van der Waals surface area contributed by atoms with E-state index in [1.54, 1.807) is 0 Å². The van der Waals surface area contributed by atoms with Crippen LogP contribution < -0.4 is 5.32 Å². The van der Waals surface area contributed by atoms with Crippen molar-refractivity contribution in [3.05, 3.63) is 17.5 Å². The van der Waals surface area contributed by atoms with Gasteiger partial charge in [0.25, 0.3) is 0 Å². The zero-order chi connectivity index (χ0) is 12.3. The van der Waals surface area contributed by atoms with Gasteiger partial charge in [0.05, 0.1) is 5.69 Å². The highest BCUT2D eigenvalue weighted by Crippen LogP contribution is 2.24. The molecule has 0 unspecified atom stereocenters. The first kappa shape index (κ1) is 13.2. The summed E-state index contributed by atoms with van der Waals surface area (Å²) in [6.45, 7) is 12.0. The minimum absolute atomic E-state index is 0.133. The van der Waals surface area contributed by atoms with E-state index in [2.05, 4.69) is 51.2 Å². The SMILES string of the molecule is CC(C)NCCc1cn(C)nc1C(C)(C)C. The molecule has 0 saturated heterocycles. The number of rotatable bonds is 4. The van der Waals surface area contributed by atoms with Gasteiger partial charge >= 0.3 is 0 Å². The zero-order valence-corrected chi connectivity index (χ0v) is 11.5. The highest BCUT2D eigenvalue weighted by molar-refractivity contribution is 5.24. The molecule has 1 rings (SSSR count). The fourth-order valence-corrected chi connectivity index (χ4v) is 1.85. The fraction of sp³-hybridized carbons (Fsp3) is 0.769. The number of aromatic nitrogens is 2. The summed E-state index contributed by atoms with van der Waals surface area (Å²) in [5.74, 6) is 0. The summed E-state index contributed by atoms with van der Waals surface area (Å²) in [5.41, 5.74) is 2.72. The van der Waals surface area contributed by atoms with E-state index < -0.39 is 0 Å². The van der Waals surface area contributed by atoms with E-state index >= 15 is 0 Å². The van der Waals surface area contributed by atoms with E-state index in [0.717, 1.165) is 13.0 Å². The molecular weight excluding hydrogens is 198 g/mol. The Morgan fingerprint density at radius 3 is 2.50 bits per heavy atom. The van der Waals surface area contributed by atoms with Crippen LogP contribution in [0, 0.1) is 0 Å². The predicted molar refractivity (Wildman–Crippen MR) is 68.8 cm³/mol. The van der Waals surface area contributed by atoms with E-state index in [4.69, 9.17) is 0 Å². The van der Waals surface area contributed by atoms with Crippen molar-refractivity contribution in [3.63, 3.8) is 0 Å². The first-order valence-corrected chi connectivity index (χ1v) is 6.07. The maximum atomic E-state index is 4.57. The molecule has 0 bridgehead atoms. The van der Waals surface area contributed by atoms with Gasteiger partial charge < -0.3 is 5.32 Å². The van der Waals surface area contributed by atoms with Gasteiger partial charge in [0.15, 0.2) is 0 Å². The Morgan fingerprint density at radius 2 is 2.00 bits per heavy atom. The van der Waals surface area contributed by atoms with Gasteiger partial charge in [0.2, 0.25) is 0 Å². The normalized spacial score (nSPS) is 12.4. The van der Waals surface area contributed by atoms with Gasteiger partial charge in [-0.05, 0) is 18.5 Å². The molecule has 3 nitrogen and oxygen atoms in total. The first-order chi connectivity index (χ1) is 7.30. The molecule has 1 heterocycles. The number of nitrogens with one attached hydrogen (secondary N) is 1. The second kappa shape index (κ2) is 5.00. The van der Waals surface area contributed by atoms with Crippen LogP contribution in [0.4, 0.5) is 0 Å². The quantitative estimate of drug-likeness (QED) is 0.848. The van der Waals surface area contributed by atoms with Gasteiger partial charge in [-0.15, -0.1) is 0 Å². The minimum Gasteiger partial charge on any atom is -0.314 e. The largest absolute Gasteiger partial charge is 0.314 e. The second-order valence-electron chi connectivity index (χ2n) is 5.79. The smallest absolute Gasteiger partial charge is 0.0710 e. The fourth-order valence-electron chi connectivity index (χ4n) is 1.85. The Hall–Kier alpha value is -0.830. The Kier molecular flexibility index (Phi) is 4.14. The summed E-state index contributed by atoms with van der Waals surface area (Å²) < 4.78 is 1.92. The zero-order valence-electron chi connectivity index (χ0n) is 11.5. The molecule has 92 valence electrons. The summed E-state index contributed by atoms with van der Waals surface area (Å²) in [4.78, 5) is 0. The summed E-state index contributed by atoms with van der Waals surface area (Å²) >= 11 is 0. The van der Waals surface area contributed by atoms with E-state index in [-0.39, 0.29) is 5.41 Å². The van der Waals surface area contributed by atoms with Crippen LogP contribution in [0.15, 0.2) is 6.20 Å². The molecule has 1 aromatic rings. The van der Waals surface area contributed by atoms with Crippen molar-refractivity contribution in [2.75, 3.05) is 6.54 Å². The third-order valence-electron chi connectivity index (χ3n) is 2.56. The lowest BCUT2D eigenvalue weighted by Gasteiger charge is -2.17. The molecule has 3 heteroatoms. The lowest BCUT2D eigenvalue weighted by Crippen LogP contribution is -2.25. The Morgan fingerprint density at radius 1 is 1.38 bits per heavy atom. The van der Waals surface area contributed by atoms with Crippen LogP contribution in [0.1, 0.15) is 45.9 Å². The van der Waals surface area contributed by atoms with Crippen molar-refractivity contribution < 1.29 is 0 Å². The summed E-state index contributed by atoms with van der Waals surface area (Å²) in [5, 5.41) is 8.01. The molecule has 0 fully saturated rings. The van der Waals surface area contributed by atoms with Crippen LogP contribution in [0.25, 0.3) is 0 Å². The highest BCUT2D eigenvalue weighted by Gasteiger charge is 2.21. The third kappa shape index (κ3) is 3.63. The molecule has 0 aliphatic rings. The van der Waals surface area contributed by atoms with Crippen LogP contribution in [0.2, 0.25) is 0 Å².